The molecule has 0 fully saturated rings. The van der Waals surface area contributed by atoms with E-state index in [-0.39, 0.29) is 28.1 Å². The number of hydrogen-bond acceptors (Lipinski definition) is 5. The Hall–Kier alpha value is -4.71. The smallest absolute Gasteiger partial charge is 0.329 e. The summed E-state index contributed by atoms with van der Waals surface area (Å²) in [5.74, 6) is -3.56. The molecule has 3 aromatic carbocycles. The Kier molecular flexibility index (Phi) is 8.19. The van der Waals surface area contributed by atoms with Crippen LogP contribution in [0.5, 0.6) is 0 Å². The van der Waals surface area contributed by atoms with Crippen molar-refractivity contribution in [3.8, 4) is 11.1 Å². The normalized spacial score (nSPS) is 12.0. The highest BCUT2D eigenvalue weighted by atomic mass is 32.2. The third-order valence-electron chi connectivity index (χ3n) is 5.99. The van der Waals surface area contributed by atoms with Crippen molar-refractivity contribution in [1.82, 2.24) is 15.0 Å². The number of benzene rings is 3. The van der Waals surface area contributed by atoms with Gasteiger partial charge in [0.25, 0.3) is 15.9 Å². The van der Waals surface area contributed by atoms with E-state index in [9.17, 15) is 31.2 Å². The fourth-order valence-electron chi connectivity index (χ4n) is 4.22. The molecule has 3 amide bonds. The Morgan fingerprint density at radius 1 is 0.950 bits per heavy atom. The highest BCUT2D eigenvalue weighted by molar-refractivity contribution is 7.90. The molecule has 1 heterocycles. The maximum absolute atomic E-state index is 14.1. The molecule has 4 aromatic rings. The average molecular weight is 569 g/mol. The lowest BCUT2D eigenvalue weighted by Crippen LogP contribution is -2.42. The standard InChI is InChI=1S/C28H23F3N4O4S/c1-16-5-2-3-7-25(16)40(38,39)35-28(37)34-24(13-17-11-19(29)15-20(30)12-17)26-21(6-4-10-33-26)18-8-9-23(31)22(14-18)27(32)36/h2-12,14-15,24H,13H2,1H3,(H2,32,36)(H2,34,35,37)/t24-/m1/s1. The Balaban J connectivity index is 1.75. The molecule has 4 rings (SSSR count). The second kappa shape index (κ2) is 11.6. The first-order valence-electron chi connectivity index (χ1n) is 11.8. The van der Waals surface area contributed by atoms with Gasteiger partial charge in [-0.05, 0) is 66.4 Å². The number of amides is 3. The summed E-state index contributed by atoms with van der Waals surface area (Å²) in [5, 5.41) is 2.52. The van der Waals surface area contributed by atoms with Crippen molar-refractivity contribution in [3.05, 3.63) is 119 Å². The zero-order chi connectivity index (χ0) is 29.0. The van der Waals surface area contributed by atoms with Gasteiger partial charge in [0, 0.05) is 17.8 Å². The van der Waals surface area contributed by atoms with Gasteiger partial charge >= 0.3 is 6.03 Å². The third kappa shape index (κ3) is 6.46. The van der Waals surface area contributed by atoms with Crippen LogP contribution in [0.2, 0.25) is 0 Å². The number of carbonyl (C=O) groups is 2. The summed E-state index contributed by atoms with van der Waals surface area (Å²) < 4.78 is 69.8. The number of urea groups is 1. The molecular formula is C28H23F3N4O4S. The lowest BCUT2D eigenvalue weighted by Gasteiger charge is -2.22. The quantitative estimate of drug-likeness (QED) is 0.287. The van der Waals surface area contributed by atoms with Crippen molar-refractivity contribution in [1.29, 1.82) is 0 Å². The maximum Gasteiger partial charge on any atom is 0.329 e. The summed E-state index contributed by atoms with van der Waals surface area (Å²) in [6.07, 6.45) is 1.18. The molecule has 0 unspecified atom stereocenters. The van der Waals surface area contributed by atoms with E-state index in [0.717, 1.165) is 18.2 Å². The number of pyridine rings is 1. The highest BCUT2D eigenvalue weighted by Gasteiger charge is 2.25. The van der Waals surface area contributed by atoms with E-state index in [1.165, 1.54) is 30.5 Å². The Bertz CT molecular complexity index is 1690. The fraction of sp³-hybridized carbons (Fsp3) is 0.107. The number of nitrogens with one attached hydrogen (secondary N) is 2. The van der Waals surface area contributed by atoms with Crippen LogP contribution in [0.4, 0.5) is 18.0 Å². The third-order valence-corrected chi connectivity index (χ3v) is 7.48. The summed E-state index contributed by atoms with van der Waals surface area (Å²) in [4.78, 5) is 28.9. The van der Waals surface area contributed by atoms with Gasteiger partial charge in [-0.25, -0.2) is 31.1 Å². The van der Waals surface area contributed by atoms with Crippen LogP contribution in [0.15, 0.2) is 83.9 Å². The lowest BCUT2D eigenvalue weighted by atomic mass is 9.94. The number of hydrogen-bond donors (Lipinski definition) is 3. The molecule has 0 radical (unpaired) electrons. The molecule has 40 heavy (non-hydrogen) atoms. The Morgan fingerprint density at radius 3 is 2.33 bits per heavy atom. The molecule has 8 nitrogen and oxygen atoms in total. The molecule has 0 saturated heterocycles. The molecule has 12 heteroatoms. The van der Waals surface area contributed by atoms with Crippen molar-refractivity contribution in [2.75, 3.05) is 0 Å². The number of primary amides is 1. The fourth-order valence-corrected chi connectivity index (χ4v) is 5.39. The predicted octanol–water partition coefficient (Wildman–Crippen LogP) is 4.55. The van der Waals surface area contributed by atoms with Crippen LogP contribution < -0.4 is 15.8 Å². The van der Waals surface area contributed by atoms with Gasteiger partial charge in [0.05, 0.1) is 22.2 Å². The first-order chi connectivity index (χ1) is 18.9. The number of aromatic nitrogens is 1. The van der Waals surface area contributed by atoms with E-state index in [1.807, 2.05) is 4.72 Å². The molecule has 0 aliphatic rings. The molecular weight excluding hydrogens is 545 g/mol. The van der Waals surface area contributed by atoms with Crippen molar-refractivity contribution in [3.63, 3.8) is 0 Å². The van der Waals surface area contributed by atoms with Crippen LogP contribution in [-0.2, 0) is 16.4 Å². The molecule has 0 spiro atoms. The van der Waals surface area contributed by atoms with Crippen molar-refractivity contribution < 1.29 is 31.2 Å². The number of carbonyl (C=O) groups excluding carboxylic acids is 2. The zero-order valence-electron chi connectivity index (χ0n) is 21.0. The molecule has 1 atom stereocenters. The number of rotatable bonds is 8. The van der Waals surface area contributed by atoms with E-state index in [1.54, 1.807) is 31.2 Å². The van der Waals surface area contributed by atoms with Crippen LogP contribution in [0.1, 0.15) is 33.2 Å². The minimum absolute atomic E-state index is 0.113. The van der Waals surface area contributed by atoms with Crippen LogP contribution in [-0.4, -0.2) is 25.3 Å². The molecule has 0 aliphatic carbocycles. The molecule has 0 aliphatic heterocycles. The summed E-state index contributed by atoms with van der Waals surface area (Å²) in [5.41, 5.74) is 6.23. The summed E-state index contributed by atoms with van der Waals surface area (Å²) >= 11 is 0. The maximum atomic E-state index is 14.1. The SMILES string of the molecule is Cc1ccccc1S(=O)(=O)NC(=O)N[C@H](Cc1cc(F)cc(F)c1)c1ncccc1-c1ccc(F)c(C(N)=O)c1. The number of nitrogens with zero attached hydrogens (tertiary/aromatic N) is 1. The largest absolute Gasteiger partial charge is 0.366 e. The topological polar surface area (TPSA) is 131 Å². The molecule has 0 saturated carbocycles. The van der Waals surface area contributed by atoms with Crippen LogP contribution >= 0.6 is 0 Å². The van der Waals surface area contributed by atoms with Gasteiger partial charge in [-0.15, -0.1) is 0 Å². The van der Waals surface area contributed by atoms with Crippen molar-refractivity contribution in [2.45, 2.75) is 24.3 Å². The first-order valence-corrected chi connectivity index (χ1v) is 13.3. The van der Waals surface area contributed by atoms with Crippen LogP contribution in [0, 0.1) is 24.4 Å². The average Bonchev–Trinajstić information content (AvgIpc) is 2.87. The van der Waals surface area contributed by atoms with Gasteiger partial charge in [0.1, 0.15) is 17.5 Å². The van der Waals surface area contributed by atoms with E-state index in [4.69, 9.17) is 5.73 Å². The monoisotopic (exact) mass is 568 g/mol. The molecule has 0 bridgehead atoms. The second-order valence-corrected chi connectivity index (χ2v) is 10.5. The Labute approximate surface area is 228 Å². The van der Waals surface area contributed by atoms with E-state index >= 15 is 0 Å². The van der Waals surface area contributed by atoms with Gasteiger partial charge in [-0.3, -0.25) is 9.78 Å². The second-order valence-electron chi connectivity index (χ2n) is 8.87. The van der Waals surface area contributed by atoms with Gasteiger partial charge in [0.15, 0.2) is 0 Å². The Morgan fingerprint density at radius 2 is 1.65 bits per heavy atom. The van der Waals surface area contributed by atoms with Gasteiger partial charge < -0.3 is 11.1 Å². The number of halogens is 3. The molecule has 1 aromatic heterocycles. The summed E-state index contributed by atoms with van der Waals surface area (Å²) in [6.45, 7) is 1.57. The summed E-state index contributed by atoms with van der Waals surface area (Å²) in [7, 11) is -4.28. The van der Waals surface area contributed by atoms with Crippen molar-refractivity contribution in [2.24, 2.45) is 5.73 Å². The van der Waals surface area contributed by atoms with E-state index in [0.29, 0.717) is 22.8 Å². The lowest BCUT2D eigenvalue weighted by molar-refractivity contribution is 0.0996. The molecule has 4 N–H and O–H groups in total. The van der Waals surface area contributed by atoms with E-state index < -0.39 is 45.5 Å². The van der Waals surface area contributed by atoms with Crippen LogP contribution in [0.3, 0.4) is 0 Å². The number of nitrogens with two attached hydrogens (primary N) is 1. The number of sulfonamides is 1. The van der Waals surface area contributed by atoms with Gasteiger partial charge in [-0.1, -0.05) is 30.3 Å². The molecule has 206 valence electrons. The minimum atomic E-state index is -4.28. The predicted molar refractivity (Wildman–Crippen MR) is 141 cm³/mol. The highest BCUT2D eigenvalue weighted by Crippen LogP contribution is 2.30. The summed E-state index contributed by atoms with van der Waals surface area (Å²) in [6, 6.07) is 13.3. The first kappa shape index (κ1) is 28.3. The minimum Gasteiger partial charge on any atom is -0.366 e. The van der Waals surface area contributed by atoms with Gasteiger partial charge in [-0.2, -0.15) is 0 Å². The van der Waals surface area contributed by atoms with Gasteiger partial charge in [0.2, 0.25) is 0 Å². The van der Waals surface area contributed by atoms with E-state index in [2.05, 4.69) is 10.3 Å². The zero-order valence-corrected chi connectivity index (χ0v) is 21.8. The van der Waals surface area contributed by atoms with Crippen LogP contribution in [0.25, 0.3) is 11.1 Å². The number of aryl methyl sites for hydroxylation is 1. The van der Waals surface area contributed by atoms with Crippen molar-refractivity contribution >= 4 is 22.0 Å².